The number of rotatable bonds is 17. The molecule has 2 unspecified atom stereocenters. The third kappa shape index (κ3) is 9.83. The number of nitrogens with two attached hydrogens (primary N) is 2. The molecule has 0 radical (unpaired) electrons. The lowest BCUT2D eigenvalue weighted by Crippen LogP contribution is -2.56. The summed E-state index contributed by atoms with van der Waals surface area (Å²) in [6, 6.07) is 12.0. The van der Waals surface area contributed by atoms with Crippen LogP contribution in [-0.4, -0.2) is 83.9 Å². The van der Waals surface area contributed by atoms with E-state index in [1.165, 1.54) is 26.2 Å². The molecule has 7 rings (SSSR count). The Balaban J connectivity index is 0.963. The number of primary amides is 1. The van der Waals surface area contributed by atoms with Crippen molar-refractivity contribution in [3.8, 4) is 0 Å². The van der Waals surface area contributed by atoms with Gasteiger partial charge in [-0.3, -0.25) is 48.1 Å². The molecule has 4 aromatic rings. The van der Waals surface area contributed by atoms with Gasteiger partial charge in [0.25, 0.3) is 0 Å². The van der Waals surface area contributed by atoms with Crippen molar-refractivity contribution in [3.05, 3.63) is 87.3 Å². The van der Waals surface area contributed by atoms with E-state index in [4.69, 9.17) is 11.5 Å². The van der Waals surface area contributed by atoms with E-state index in [0.717, 1.165) is 54.3 Å². The minimum absolute atomic E-state index is 0.0348. The van der Waals surface area contributed by atoms with Gasteiger partial charge in [0, 0.05) is 51.3 Å². The van der Waals surface area contributed by atoms with Crippen LogP contribution < -0.4 is 43.3 Å². The van der Waals surface area contributed by atoms with Crippen molar-refractivity contribution in [2.24, 2.45) is 18.5 Å². The zero-order valence-corrected chi connectivity index (χ0v) is 36.1. The standard InChI is InChI=1S/C44H53N9O9S/c1-51-35-23-29(10-15-33(35)52(44(51)60)34-16-18-38(55)50-41(34)57)47-19-5-3-4-6-26-20-27-9-13-31(45)43(59)53-36(22-28(21-26)39(27)53)42(58)49-32(14-17-37(46)54)40(56)48-24-25-7-11-30(12-8-25)63(2,61)62/h7-8,10-12,15,20-21,23,31-32,34,36,47H,3-6,9,13-14,16-19,22,24,45H2,1-2H3,(H2,46,54)(H,48,56)(H,49,58)(H,50,55,57)/t31-,32?,34?,36-/m0/s1. The molecule has 334 valence electrons. The monoisotopic (exact) mass is 883 g/mol. The van der Waals surface area contributed by atoms with Crippen molar-refractivity contribution in [2.45, 2.75) is 106 Å². The van der Waals surface area contributed by atoms with Gasteiger partial charge in [0.05, 0.1) is 27.7 Å². The van der Waals surface area contributed by atoms with E-state index in [9.17, 15) is 42.0 Å². The molecule has 0 aliphatic carbocycles. The zero-order chi connectivity index (χ0) is 45.2. The second-order valence-electron chi connectivity index (χ2n) is 16.7. The number of fused-ring (bicyclic) bond motifs is 1. The summed E-state index contributed by atoms with van der Waals surface area (Å²) < 4.78 is 26.6. The smallest absolute Gasteiger partial charge is 0.329 e. The van der Waals surface area contributed by atoms with Gasteiger partial charge < -0.3 is 27.4 Å². The summed E-state index contributed by atoms with van der Waals surface area (Å²) in [6.45, 7) is 0.721. The highest BCUT2D eigenvalue weighted by atomic mass is 32.2. The number of imidazole rings is 1. The van der Waals surface area contributed by atoms with Gasteiger partial charge in [0.1, 0.15) is 18.1 Å². The number of hydrogen-bond donors (Lipinski definition) is 6. The maximum Gasteiger partial charge on any atom is 0.329 e. The van der Waals surface area contributed by atoms with Gasteiger partial charge in [-0.25, -0.2) is 13.2 Å². The van der Waals surface area contributed by atoms with Crippen LogP contribution in [0.3, 0.4) is 0 Å². The fourth-order valence-corrected chi connectivity index (χ4v) is 9.36. The second-order valence-corrected chi connectivity index (χ2v) is 18.7. The molecule has 4 heterocycles. The van der Waals surface area contributed by atoms with Gasteiger partial charge in [-0.1, -0.05) is 30.7 Å². The Kier molecular flexibility index (Phi) is 13.2. The number of unbranched alkanes of at least 4 members (excludes halogenated alkanes) is 2. The van der Waals surface area contributed by atoms with Crippen LogP contribution in [0.25, 0.3) is 11.0 Å². The highest BCUT2D eigenvalue weighted by Gasteiger charge is 2.44. The third-order valence-corrected chi connectivity index (χ3v) is 13.2. The van der Waals surface area contributed by atoms with Crippen LogP contribution >= 0.6 is 0 Å². The third-order valence-electron chi connectivity index (χ3n) is 12.1. The fourth-order valence-electron chi connectivity index (χ4n) is 8.73. The number of sulfone groups is 1. The summed E-state index contributed by atoms with van der Waals surface area (Å²) in [4.78, 5) is 91.9. The minimum Gasteiger partial charge on any atom is -0.385 e. The van der Waals surface area contributed by atoms with E-state index < -0.39 is 57.6 Å². The lowest BCUT2D eigenvalue weighted by atomic mass is 9.96. The molecule has 1 saturated heterocycles. The Labute approximate surface area is 364 Å². The lowest BCUT2D eigenvalue weighted by molar-refractivity contribution is -0.136. The molecular formula is C44H53N9O9S. The Hall–Kier alpha value is -6.34. The number of anilines is 2. The molecular weight excluding hydrogens is 831 g/mol. The summed E-state index contributed by atoms with van der Waals surface area (Å²) in [7, 11) is -1.74. The first-order valence-electron chi connectivity index (χ1n) is 21.2. The first-order chi connectivity index (χ1) is 30.0. The molecule has 0 bridgehead atoms. The Bertz CT molecular complexity index is 2660. The van der Waals surface area contributed by atoms with Gasteiger partial charge in [-0.15, -0.1) is 0 Å². The van der Waals surface area contributed by atoms with Crippen molar-refractivity contribution in [1.82, 2.24) is 25.1 Å². The summed E-state index contributed by atoms with van der Waals surface area (Å²) >= 11 is 0. The highest BCUT2D eigenvalue weighted by Crippen LogP contribution is 2.40. The SMILES string of the molecule is Cn1c(=O)n(C2CCC(=O)NC2=O)c2ccc(NCCCCCc3cc4c5c(c3)C[C@@H](C(=O)NC(CCC(N)=O)C(=O)NCc3ccc(S(C)(=O)=O)cc3)N5C(=O)[C@@H](N)CC4)cc21. The minimum atomic E-state index is -3.40. The number of aryl methyl sites for hydroxylation is 3. The molecule has 0 saturated carbocycles. The largest absolute Gasteiger partial charge is 0.385 e. The van der Waals surface area contributed by atoms with Gasteiger partial charge >= 0.3 is 5.69 Å². The second kappa shape index (κ2) is 18.6. The van der Waals surface area contributed by atoms with Gasteiger partial charge in [0.15, 0.2) is 9.84 Å². The van der Waals surface area contributed by atoms with Crippen LogP contribution in [0.2, 0.25) is 0 Å². The van der Waals surface area contributed by atoms with Gasteiger partial charge in [-0.2, -0.15) is 0 Å². The van der Waals surface area contributed by atoms with Gasteiger partial charge in [0.2, 0.25) is 35.4 Å². The Morgan fingerprint density at radius 3 is 2.37 bits per heavy atom. The molecule has 19 heteroatoms. The number of carbonyl (C=O) groups is 6. The number of aromatic nitrogens is 2. The average molecular weight is 884 g/mol. The first-order valence-corrected chi connectivity index (χ1v) is 23.1. The van der Waals surface area contributed by atoms with E-state index in [2.05, 4.69) is 27.3 Å². The fraction of sp³-hybridized carbons (Fsp3) is 0.432. The van der Waals surface area contributed by atoms with Crippen molar-refractivity contribution >= 4 is 67.7 Å². The van der Waals surface area contributed by atoms with Crippen molar-refractivity contribution in [1.29, 1.82) is 0 Å². The molecule has 3 aliphatic rings. The van der Waals surface area contributed by atoms with Crippen LogP contribution in [0, 0.1) is 0 Å². The van der Waals surface area contributed by atoms with Crippen molar-refractivity contribution < 1.29 is 37.2 Å². The molecule has 6 amide bonds. The van der Waals surface area contributed by atoms with E-state index in [1.54, 1.807) is 19.2 Å². The number of benzene rings is 3. The maximum atomic E-state index is 14.0. The quantitative estimate of drug-likeness (QED) is 0.0647. The molecule has 4 atom stereocenters. The Morgan fingerprint density at radius 2 is 1.65 bits per heavy atom. The van der Waals surface area contributed by atoms with Gasteiger partial charge in [-0.05, 0) is 97.5 Å². The normalized spacial score (nSPS) is 19.0. The number of amides is 6. The van der Waals surface area contributed by atoms with Crippen LogP contribution in [0.5, 0.6) is 0 Å². The maximum absolute atomic E-state index is 14.0. The van der Waals surface area contributed by atoms with Crippen molar-refractivity contribution in [3.63, 3.8) is 0 Å². The summed E-state index contributed by atoms with van der Waals surface area (Å²) in [5.41, 5.74) is 17.7. The molecule has 0 spiro atoms. The molecule has 1 aromatic heterocycles. The van der Waals surface area contributed by atoms with Crippen LogP contribution in [0.4, 0.5) is 11.4 Å². The molecule has 3 aliphatic heterocycles. The van der Waals surface area contributed by atoms with E-state index in [0.29, 0.717) is 41.7 Å². The van der Waals surface area contributed by atoms with Crippen LogP contribution in [0.1, 0.15) is 79.7 Å². The topological polar surface area (TPSA) is 267 Å². The summed E-state index contributed by atoms with van der Waals surface area (Å²) in [5.74, 6) is -2.98. The van der Waals surface area contributed by atoms with E-state index in [-0.39, 0.29) is 61.0 Å². The molecule has 63 heavy (non-hydrogen) atoms. The van der Waals surface area contributed by atoms with E-state index >= 15 is 0 Å². The number of piperidine rings is 1. The lowest BCUT2D eigenvalue weighted by Gasteiger charge is -2.28. The Morgan fingerprint density at radius 1 is 0.905 bits per heavy atom. The first kappa shape index (κ1) is 44.7. The number of imide groups is 1. The molecule has 3 aromatic carbocycles. The summed E-state index contributed by atoms with van der Waals surface area (Å²) in [6.07, 6.45) is 5.89. The van der Waals surface area contributed by atoms with Crippen molar-refractivity contribution in [2.75, 3.05) is 23.0 Å². The molecule has 18 nitrogen and oxygen atoms in total. The number of nitrogens with zero attached hydrogens (tertiary/aromatic N) is 3. The van der Waals surface area contributed by atoms with Crippen LogP contribution in [0.15, 0.2) is 64.3 Å². The average Bonchev–Trinajstić information content (AvgIpc) is 3.71. The zero-order valence-electron chi connectivity index (χ0n) is 35.3. The van der Waals surface area contributed by atoms with Crippen LogP contribution in [-0.2, 0) is 71.5 Å². The predicted octanol–water partition coefficient (Wildman–Crippen LogP) is 1.14. The highest BCUT2D eigenvalue weighted by molar-refractivity contribution is 7.90. The predicted molar refractivity (Wildman–Crippen MR) is 234 cm³/mol. The molecule has 8 N–H and O–H groups in total. The number of nitrogens with one attached hydrogen (secondary N) is 4. The molecule has 1 fully saturated rings. The summed E-state index contributed by atoms with van der Waals surface area (Å²) in [5, 5.41) is 11.3. The number of hydrogen-bond acceptors (Lipinski definition) is 11. The number of carbonyl (C=O) groups excluding carboxylic acids is 6. The van der Waals surface area contributed by atoms with E-state index in [1.807, 2.05) is 24.3 Å².